The summed E-state index contributed by atoms with van der Waals surface area (Å²) in [7, 11) is 0. The largest absolute Gasteiger partial charge is 0.494 e. The molecule has 1 heterocycles. The van der Waals surface area contributed by atoms with E-state index in [4.69, 9.17) is 4.74 Å². The smallest absolute Gasteiger partial charge is 0.124 e. The van der Waals surface area contributed by atoms with Gasteiger partial charge in [-0.2, -0.15) is 0 Å². The van der Waals surface area contributed by atoms with Crippen molar-refractivity contribution in [2.45, 2.75) is 19.4 Å². The lowest BCUT2D eigenvalue weighted by atomic mass is 10.00. The third-order valence-corrected chi connectivity index (χ3v) is 4.11. The Bertz CT molecular complexity index is 454. The Morgan fingerprint density at radius 2 is 2.05 bits per heavy atom. The topological polar surface area (TPSA) is 24.5 Å². The van der Waals surface area contributed by atoms with Crippen molar-refractivity contribution in [1.82, 2.24) is 10.2 Å². The molecule has 6 heteroatoms. The number of ether oxygens (including phenoxy) is 1. The second kappa shape index (κ2) is 11.3. The van der Waals surface area contributed by atoms with Crippen molar-refractivity contribution >= 4 is 40.7 Å². The zero-order valence-electron chi connectivity index (χ0n) is 12.9. The van der Waals surface area contributed by atoms with Gasteiger partial charge in [0.1, 0.15) is 5.75 Å². The molecular weight excluding hydrogens is 387 g/mol. The van der Waals surface area contributed by atoms with Gasteiger partial charge in [-0.3, -0.25) is 4.90 Å². The molecule has 0 bridgehead atoms. The molecule has 0 amide bonds. The van der Waals surface area contributed by atoms with Crippen LogP contribution in [0.15, 0.2) is 35.3 Å². The van der Waals surface area contributed by atoms with Crippen LogP contribution in [0, 0.1) is 0 Å². The van der Waals surface area contributed by atoms with Crippen LogP contribution < -0.4 is 10.1 Å². The van der Waals surface area contributed by atoms with Crippen molar-refractivity contribution in [2.75, 3.05) is 32.8 Å². The maximum absolute atomic E-state index is 5.81. The fraction of sp³-hybridized carbons (Fsp3) is 0.500. The first-order valence-corrected chi connectivity index (χ1v) is 8.03. The first-order valence-electron chi connectivity index (χ1n) is 7.24. The third-order valence-electron chi connectivity index (χ3n) is 3.61. The van der Waals surface area contributed by atoms with Crippen LogP contribution in [0.3, 0.4) is 0 Å². The van der Waals surface area contributed by atoms with E-state index in [9.17, 15) is 0 Å². The van der Waals surface area contributed by atoms with Crippen molar-refractivity contribution in [2.24, 2.45) is 0 Å². The number of rotatable bonds is 6. The van der Waals surface area contributed by atoms with E-state index in [0.29, 0.717) is 12.6 Å². The summed E-state index contributed by atoms with van der Waals surface area (Å²) in [6.07, 6.45) is 2.94. The highest BCUT2D eigenvalue weighted by Crippen LogP contribution is 2.34. The van der Waals surface area contributed by atoms with E-state index in [1.165, 1.54) is 5.56 Å². The summed E-state index contributed by atoms with van der Waals surface area (Å²) < 4.78 is 6.91. The van der Waals surface area contributed by atoms with Gasteiger partial charge in [0, 0.05) is 42.3 Å². The minimum absolute atomic E-state index is 0. The van der Waals surface area contributed by atoms with E-state index >= 15 is 0 Å². The average Bonchev–Trinajstić information content (AvgIpc) is 2.48. The van der Waals surface area contributed by atoms with Crippen molar-refractivity contribution in [3.8, 4) is 5.75 Å². The zero-order valence-corrected chi connectivity index (χ0v) is 16.1. The Morgan fingerprint density at radius 3 is 2.64 bits per heavy atom. The van der Waals surface area contributed by atoms with Gasteiger partial charge < -0.3 is 10.1 Å². The minimum Gasteiger partial charge on any atom is -0.494 e. The summed E-state index contributed by atoms with van der Waals surface area (Å²) >= 11 is 3.58. The van der Waals surface area contributed by atoms with E-state index in [2.05, 4.69) is 44.9 Å². The van der Waals surface area contributed by atoms with Crippen LogP contribution in [0.25, 0.3) is 0 Å². The van der Waals surface area contributed by atoms with Crippen LogP contribution in [0.1, 0.15) is 24.9 Å². The van der Waals surface area contributed by atoms with Crippen molar-refractivity contribution in [3.05, 3.63) is 40.9 Å². The highest BCUT2D eigenvalue weighted by atomic mass is 79.9. The van der Waals surface area contributed by atoms with Crippen LogP contribution >= 0.6 is 40.7 Å². The summed E-state index contributed by atoms with van der Waals surface area (Å²) in [5, 5.41) is 3.41. The number of hydrogen-bond acceptors (Lipinski definition) is 3. The van der Waals surface area contributed by atoms with Crippen molar-refractivity contribution in [3.63, 3.8) is 0 Å². The molecule has 22 heavy (non-hydrogen) atoms. The van der Waals surface area contributed by atoms with Gasteiger partial charge in [-0.05, 0) is 31.5 Å². The van der Waals surface area contributed by atoms with Crippen molar-refractivity contribution in [1.29, 1.82) is 0 Å². The fourth-order valence-corrected chi connectivity index (χ4v) is 3.07. The maximum atomic E-state index is 5.81. The maximum Gasteiger partial charge on any atom is 0.124 e. The van der Waals surface area contributed by atoms with Crippen LogP contribution in [0.5, 0.6) is 5.75 Å². The normalized spacial score (nSPS) is 16.1. The molecule has 1 N–H and O–H groups in total. The molecule has 1 aromatic rings. The Hall–Kier alpha value is -0.260. The lowest BCUT2D eigenvalue weighted by molar-refractivity contribution is 0.170. The fourth-order valence-electron chi connectivity index (χ4n) is 2.69. The third kappa shape index (κ3) is 5.74. The summed E-state index contributed by atoms with van der Waals surface area (Å²) in [5.41, 5.74) is 1.25. The highest BCUT2D eigenvalue weighted by molar-refractivity contribution is 9.10. The Balaban J connectivity index is 0.00000220. The van der Waals surface area contributed by atoms with Gasteiger partial charge in [0.15, 0.2) is 0 Å². The van der Waals surface area contributed by atoms with E-state index in [1.54, 1.807) is 0 Å². The number of halogens is 3. The van der Waals surface area contributed by atoms with E-state index < -0.39 is 0 Å². The minimum atomic E-state index is 0. The molecule has 126 valence electrons. The Kier molecular flexibility index (Phi) is 11.2. The average molecular weight is 412 g/mol. The van der Waals surface area contributed by atoms with Gasteiger partial charge in [0.25, 0.3) is 0 Å². The van der Waals surface area contributed by atoms with Crippen LogP contribution in [-0.2, 0) is 0 Å². The molecule has 0 saturated carbocycles. The van der Waals surface area contributed by atoms with E-state index in [-0.39, 0.29) is 24.8 Å². The molecule has 2 rings (SSSR count). The molecule has 1 aliphatic rings. The van der Waals surface area contributed by atoms with Gasteiger partial charge in [-0.25, -0.2) is 0 Å². The monoisotopic (exact) mass is 410 g/mol. The standard InChI is InChI=1S/C16H23BrN2O.2ClH/c1-3-5-15(19-10-8-18-9-11-19)14-12-13(17)6-7-16(14)20-4-2;;/h3,6-7,12,15,18H,1,4-5,8-11H2,2H3;2*1H/t15-;;/m0../s1. The Morgan fingerprint density at radius 1 is 1.36 bits per heavy atom. The Labute approximate surface area is 154 Å². The van der Waals surface area contributed by atoms with Gasteiger partial charge in [0.2, 0.25) is 0 Å². The summed E-state index contributed by atoms with van der Waals surface area (Å²) in [5.74, 6) is 0.987. The summed E-state index contributed by atoms with van der Waals surface area (Å²) in [6, 6.07) is 6.62. The van der Waals surface area contributed by atoms with E-state index in [0.717, 1.165) is 42.8 Å². The molecule has 0 aromatic heterocycles. The molecule has 0 aliphatic carbocycles. The van der Waals surface area contributed by atoms with Gasteiger partial charge >= 0.3 is 0 Å². The number of nitrogens with one attached hydrogen (secondary N) is 1. The number of benzene rings is 1. The van der Waals surface area contributed by atoms with Crippen molar-refractivity contribution < 1.29 is 4.74 Å². The molecule has 0 radical (unpaired) electrons. The van der Waals surface area contributed by atoms with Gasteiger partial charge in [-0.1, -0.05) is 22.0 Å². The number of hydrogen-bond donors (Lipinski definition) is 1. The van der Waals surface area contributed by atoms with Gasteiger partial charge in [0.05, 0.1) is 6.61 Å². The van der Waals surface area contributed by atoms with Crippen LogP contribution in [-0.4, -0.2) is 37.7 Å². The van der Waals surface area contributed by atoms with Crippen LogP contribution in [0.2, 0.25) is 0 Å². The molecule has 1 saturated heterocycles. The molecule has 0 spiro atoms. The lowest BCUT2D eigenvalue weighted by Gasteiger charge is -2.35. The first kappa shape index (κ1) is 21.7. The zero-order chi connectivity index (χ0) is 14.4. The molecular formula is C16H25BrCl2N2O. The number of piperazine rings is 1. The molecule has 1 aliphatic heterocycles. The lowest BCUT2D eigenvalue weighted by Crippen LogP contribution is -2.45. The predicted octanol–water partition coefficient (Wildman–Crippen LogP) is 4.21. The quantitative estimate of drug-likeness (QED) is 0.709. The summed E-state index contributed by atoms with van der Waals surface area (Å²) in [4.78, 5) is 2.52. The van der Waals surface area contributed by atoms with Crippen LogP contribution in [0.4, 0.5) is 0 Å². The molecule has 1 aromatic carbocycles. The molecule has 1 atom stereocenters. The predicted molar refractivity (Wildman–Crippen MR) is 102 cm³/mol. The SMILES string of the molecule is C=CC[C@@H](c1cc(Br)ccc1OCC)N1CCNCC1.Cl.Cl. The molecule has 3 nitrogen and oxygen atoms in total. The second-order valence-corrected chi connectivity index (χ2v) is 5.86. The molecule has 0 unspecified atom stereocenters. The van der Waals surface area contributed by atoms with E-state index in [1.807, 2.05) is 19.1 Å². The second-order valence-electron chi connectivity index (χ2n) is 4.94. The highest BCUT2D eigenvalue weighted by Gasteiger charge is 2.24. The summed E-state index contributed by atoms with van der Waals surface area (Å²) in [6.45, 7) is 10.9. The van der Waals surface area contributed by atoms with Gasteiger partial charge in [-0.15, -0.1) is 31.4 Å². The first-order chi connectivity index (χ1) is 9.76. The number of nitrogens with zero attached hydrogens (tertiary/aromatic N) is 1. The molecule has 1 fully saturated rings.